The molecule has 0 aromatic carbocycles. The summed E-state index contributed by atoms with van der Waals surface area (Å²) in [5.74, 6) is 0. The summed E-state index contributed by atoms with van der Waals surface area (Å²) in [6.07, 6.45) is 0.684. The van der Waals surface area contributed by atoms with Crippen LogP contribution in [0.15, 0.2) is 24.8 Å². The molecule has 1 rings (SSSR count). The third kappa shape index (κ3) is 1.84. The second-order valence-corrected chi connectivity index (χ2v) is 2.87. The molecule has 1 heterocycles. The van der Waals surface area contributed by atoms with Gasteiger partial charge in [0.2, 0.25) is 0 Å². The number of hydrogen-bond donors (Lipinski definition) is 1. The molecular formula is C9H10ClNO. The maximum atomic E-state index is 9.36. The Labute approximate surface area is 76.5 Å². The number of halogens is 1. The predicted octanol–water partition coefficient (Wildman–Crippen LogP) is 2.26. The van der Waals surface area contributed by atoms with Crippen LogP contribution in [0.2, 0.25) is 5.15 Å². The highest BCUT2D eigenvalue weighted by atomic mass is 35.5. The maximum absolute atomic E-state index is 9.36. The van der Waals surface area contributed by atoms with Crippen molar-refractivity contribution in [2.24, 2.45) is 0 Å². The molecule has 0 spiro atoms. The van der Waals surface area contributed by atoms with Gasteiger partial charge in [-0.2, -0.15) is 0 Å². The van der Waals surface area contributed by atoms with Crippen LogP contribution in [0, 0.1) is 6.92 Å². The Bertz CT molecular complexity index is 299. The van der Waals surface area contributed by atoms with Crippen LogP contribution in [-0.2, 0) is 0 Å². The molecule has 0 amide bonds. The van der Waals surface area contributed by atoms with Crippen LogP contribution in [0.1, 0.15) is 17.4 Å². The number of nitrogens with zero attached hydrogens (tertiary/aromatic N) is 1. The van der Waals surface area contributed by atoms with Crippen LogP contribution in [0.5, 0.6) is 0 Å². The van der Waals surface area contributed by atoms with Gasteiger partial charge in [0.15, 0.2) is 0 Å². The minimum absolute atomic E-state index is 0.336. The zero-order valence-electron chi connectivity index (χ0n) is 6.79. The summed E-state index contributed by atoms with van der Waals surface area (Å²) >= 11 is 5.78. The average Bonchev–Trinajstić information content (AvgIpc) is 2.03. The molecule has 0 saturated carbocycles. The molecular weight excluding hydrogens is 174 g/mol. The lowest BCUT2D eigenvalue weighted by Gasteiger charge is -2.06. The molecule has 1 atom stereocenters. The first kappa shape index (κ1) is 9.23. The Hall–Kier alpha value is -0.860. The normalized spacial score (nSPS) is 12.6. The summed E-state index contributed by atoms with van der Waals surface area (Å²) < 4.78 is 0. The molecule has 0 aliphatic carbocycles. The van der Waals surface area contributed by atoms with Gasteiger partial charge in [-0.05, 0) is 13.0 Å². The van der Waals surface area contributed by atoms with E-state index in [2.05, 4.69) is 11.6 Å². The third-order valence-corrected chi connectivity index (χ3v) is 1.86. The van der Waals surface area contributed by atoms with Gasteiger partial charge in [-0.3, -0.25) is 0 Å². The molecule has 1 N–H and O–H groups in total. The average molecular weight is 184 g/mol. The van der Waals surface area contributed by atoms with Crippen LogP contribution in [0.25, 0.3) is 0 Å². The van der Waals surface area contributed by atoms with Gasteiger partial charge in [-0.25, -0.2) is 4.98 Å². The predicted molar refractivity (Wildman–Crippen MR) is 49.1 cm³/mol. The second kappa shape index (κ2) is 3.70. The van der Waals surface area contributed by atoms with Crippen molar-refractivity contribution in [1.82, 2.24) is 4.98 Å². The summed E-state index contributed by atoms with van der Waals surface area (Å²) in [6, 6.07) is 3.55. The smallest absolute Gasteiger partial charge is 0.135 e. The molecule has 0 aliphatic heterocycles. The van der Waals surface area contributed by atoms with Gasteiger partial charge in [0.25, 0.3) is 0 Å². The van der Waals surface area contributed by atoms with E-state index in [4.69, 9.17) is 11.6 Å². The van der Waals surface area contributed by atoms with E-state index in [1.165, 1.54) is 6.08 Å². The second-order valence-electron chi connectivity index (χ2n) is 2.51. The Morgan fingerprint density at radius 1 is 1.67 bits per heavy atom. The number of aliphatic hydroxyl groups excluding tert-OH is 1. The van der Waals surface area contributed by atoms with E-state index in [1.807, 2.05) is 6.92 Å². The first-order valence-corrected chi connectivity index (χ1v) is 3.96. The zero-order chi connectivity index (χ0) is 9.14. The quantitative estimate of drug-likeness (QED) is 0.564. The van der Waals surface area contributed by atoms with Gasteiger partial charge in [0, 0.05) is 11.3 Å². The number of rotatable bonds is 2. The SMILES string of the molecule is C=CC(O)c1ccc(C)nc1Cl. The molecule has 1 aromatic heterocycles. The first-order valence-electron chi connectivity index (χ1n) is 3.59. The van der Waals surface area contributed by atoms with Crippen LogP contribution in [0.4, 0.5) is 0 Å². The van der Waals surface area contributed by atoms with Crippen molar-refractivity contribution >= 4 is 11.6 Å². The van der Waals surface area contributed by atoms with Crippen molar-refractivity contribution < 1.29 is 5.11 Å². The van der Waals surface area contributed by atoms with Crippen molar-refractivity contribution in [1.29, 1.82) is 0 Å². The summed E-state index contributed by atoms with van der Waals surface area (Å²) in [5, 5.41) is 9.69. The number of pyridine rings is 1. The third-order valence-electron chi connectivity index (χ3n) is 1.56. The standard InChI is InChI=1S/C9H10ClNO/c1-3-8(12)7-5-4-6(2)11-9(7)10/h3-5,8,12H,1H2,2H3. The molecule has 0 radical (unpaired) electrons. The van der Waals surface area contributed by atoms with Crippen LogP contribution in [0.3, 0.4) is 0 Å². The Balaban J connectivity index is 3.09. The van der Waals surface area contributed by atoms with Crippen molar-refractivity contribution in [3.8, 4) is 0 Å². The summed E-state index contributed by atoms with van der Waals surface area (Å²) in [4.78, 5) is 4.00. The molecule has 1 aromatic rings. The van der Waals surface area contributed by atoms with Crippen molar-refractivity contribution in [3.05, 3.63) is 41.2 Å². The van der Waals surface area contributed by atoms with E-state index in [9.17, 15) is 5.11 Å². The highest BCUT2D eigenvalue weighted by molar-refractivity contribution is 6.30. The summed E-state index contributed by atoms with van der Waals surface area (Å²) in [7, 11) is 0. The molecule has 0 fully saturated rings. The highest BCUT2D eigenvalue weighted by Gasteiger charge is 2.08. The topological polar surface area (TPSA) is 33.1 Å². The van der Waals surface area contributed by atoms with Gasteiger partial charge >= 0.3 is 0 Å². The van der Waals surface area contributed by atoms with Gasteiger partial charge in [-0.15, -0.1) is 6.58 Å². The van der Waals surface area contributed by atoms with E-state index in [1.54, 1.807) is 12.1 Å². The fourth-order valence-electron chi connectivity index (χ4n) is 0.883. The van der Waals surface area contributed by atoms with Crippen molar-refractivity contribution in [3.63, 3.8) is 0 Å². The first-order chi connectivity index (χ1) is 5.65. The number of aryl methyl sites for hydroxylation is 1. The van der Waals surface area contributed by atoms with E-state index < -0.39 is 6.10 Å². The summed E-state index contributed by atoms with van der Waals surface area (Å²) in [5.41, 5.74) is 1.43. The zero-order valence-corrected chi connectivity index (χ0v) is 7.54. The minimum atomic E-state index is -0.731. The van der Waals surface area contributed by atoms with Gasteiger partial charge in [-0.1, -0.05) is 23.7 Å². The molecule has 64 valence electrons. The van der Waals surface area contributed by atoms with Crippen molar-refractivity contribution in [2.45, 2.75) is 13.0 Å². The number of aromatic nitrogens is 1. The number of hydrogen-bond acceptors (Lipinski definition) is 2. The molecule has 12 heavy (non-hydrogen) atoms. The Morgan fingerprint density at radius 3 is 2.83 bits per heavy atom. The van der Waals surface area contributed by atoms with Gasteiger partial charge < -0.3 is 5.11 Å². The lowest BCUT2D eigenvalue weighted by molar-refractivity contribution is 0.228. The Kier molecular flexibility index (Phi) is 2.84. The maximum Gasteiger partial charge on any atom is 0.135 e. The fraction of sp³-hybridized carbons (Fsp3) is 0.222. The van der Waals surface area contributed by atoms with Gasteiger partial charge in [0.05, 0.1) is 6.10 Å². The summed E-state index contributed by atoms with van der Waals surface area (Å²) in [6.45, 7) is 5.31. The van der Waals surface area contributed by atoms with E-state index in [0.717, 1.165) is 5.69 Å². The highest BCUT2D eigenvalue weighted by Crippen LogP contribution is 2.21. The van der Waals surface area contributed by atoms with Crippen molar-refractivity contribution in [2.75, 3.05) is 0 Å². The molecule has 0 bridgehead atoms. The molecule has 1 unspecified atom stereocenters. The lowest BCUT2D eigenvalue weighted by Crippen LogP contribution is -1.96. The Morgan fingerprint density at radius 2 is 2.33 bits per heavy atom. The number of aliphatic hydroxyl groups is 1. The van der Waals surface area contributed by atoms with Gasteiger partial charge in [0.1, 0.15) is 5.15 Å². The molecule has 0 saturated heterocycles. The van der Waals surface area contributed by atoms with Crippen LogP contribution < -0.4 is 0 Å². The van der Waals surface area contributed by atoms with Crippen LogP contribution in [-0.4, -0.2) is 10.1 Å². The van der Waals surface area contributed by atoms with E-state index in [0.29, 0.717) is 10.7 Å². The molecule has 0 aliphatic rings. The lowest BCUT2D eigenvalue weighted by atomic mass is 10.1. The molecule has 2 nitrogen and oxygen atoms in total. The monoisotopic (exact) mass is 183 g/mol. The fourth-order valence-corrected chi connectivity index (χ4v) is 1.19. The minimum Gasteiger partial charge on any atom is -0.384 e. The van der Waals surface area contributed by atoms with E-state index >= 15 is 0 Å². The van der Waals surface area contributed by atoms with Crippen LogP contribution >= 0.6 is 11.6 Å². The molecule has 3 heteroatoms. The largest absolute Gasteiger partial charge is 0.384 e. The van der Waals surface area contributed by atoms with E-state index in [-0.39, 0.29) is 0 Å².